The molecule has 0 saturated heterocycles. The van der Waals surface area contributed by atoms with Gasteiger partial charge in [-0.05, 0) is 35.8 Å². The van der Waals surface area contributed by atoms with Crippen LogP contribution in [0.5, 0.6) is 0 Å². The molecule has 2 aromatic heterocycles. The third-order valence-corrected chi connectivity index (χ3v) is 5.35. The Bertz CT molecular complexity index is 1050. The van der Waals surface area contributed by atoms with Gasteiger partial charge in [0, 0.05) is 35.8 Å². The fraction of sp³-hybridized carbons (Fsp3) is 0.100. The minimum atomic E-state index is 0.641. The van der Waals surface area contributed by atoms with Crippen molar-refractivity contribution in [1.29, 1.82) is 0 Å². The van der Waals surface area contributed by atoms with Crippen LogP contribution in [0.15, 0.2) is 78.1 Å². The van der Waals surface area contributed by atoms with Gasteiger partial charge in [-0.1, -0.05) is 42.5 Å². The molecule has 0 aliphatic carbocycles. The van der Waals surface area contributed by atoms with Crippen molar-refractivity contribution < 1.29 is 0 Å². The number of hydrogen-bond donors (Lipinski definition) is 2. The van der Waals surface area contributed by atoms with E-state index in [1.807, 2.05) is 48.8 Å². The smallest absolute Gasteiger partial charge is 0.170 e. The summed E-state index contributed by atoms with van der Waals surface area (Å²) in [5.41, 5.74) is 1.99. The molecule has 0 bridgehead atoms. The number of hydrogen-bond acceptors (Lipinski definition) is 3. The molecule has 0 atom stereocenters. The molecule has 0 aliphatic rings. The summed E-state index contributed by atoms with van der Waals surface area (Å²) in [4.78, 5) is 4.31. The molecule has 0 amide bonds. The number of anilines is 1. The zero-order chi connectivity index (χ0) is 17.8. The van der Waals surface area contributed by atoms with E-state index < -0.39 is 0 Å². The highest BCUT2D eigenvalue weighted by Gasteiger charge is 2.04. The molecule has 0 aliphatic heterocycles. The number of thiocarbonyl (C=S) groups is 1. The van der Waals surface area contributed by atoms with E-state index in [9.17, 15) is 0 Å². The first-order valence-corrected chi connectivity index (χ1v) is 9.78. The van der Waals surface area contributed by atoms with E-state index in [1.165, 1.54) is 15.8 Å². The van der Waals surface area contributed by atoms with E-state index in [-0.39, 0.29) is 0 Å². The van der Waals surface area contributed by atoms with E-state index in [2.05, 4.69) is 44.3 Å². The molecular formula is C20H18N4S2. The third kappa shape index (κ3) is 3.66. The van der Waals surface area contributed by atoms with Crippen molar-refractivity contribution in [2.24, 2.45) is 0 Å². The molecular weight excluding hydrogens is 360 g/mol. The Balaban J connectivity index is 1.32. The summed E-state index contributed by atoms with van der Waals surface area (Å²) in [7, 11) is 0. The number of benzene rings is 2. The van der Waals surface area contributed by atoms with Crippen molar-refractivity contribution in [2.75, 3.05) is 17.6 Å². The lowest BCUT2D eigenvalue weighted by atomic mass is 10.1. The third-order valence-electron chi connectivity index (χ3n) is 4.07. The fourth-order valence-electron chi connectivity index (χ4n) is 2.86. The Hall–Kier alpha value is -2.57. The summed E-state index contributed by atoms with van der Waals surface area (Å²) in [6.07, 6.45) is 3.80. The number of rotatable bonds is 5. The molecule has 2 heterocycles. The summed E-state index contributed by atoms with van der Waals surface area (Å²) in [6, 6.07) is 20.6. The molecule has 0 fully saturated rings. The van der Waals surface area contributed by atoms with Gasteiger partial charge in [-0.25, -0.2) is 4.98 Å². The second kappa shape index (κ2) is 7.76. The van der Waals surface area contributed by atoms with Gasteiger partial charge in [0.25, 0.3) is 0 Å². The highest BCUT2D eigenvalue weighted by atomic mass is 32.2. The summed E-state index contributed by atoms with van der Waals surface area (Å²) in [5, 5.41) is 10.8. The van der Waals surface area contributed by atoms with Gasteiger partial charge in [-0.15, -0.1) is 11.8 Å². The van der Waals surface area contributed by atoms with Crippen LogP contribution in [0.4, 0.5) is 5.69 Å². The Kier molecular flexibility index (Phi) is 5.04. The van der Waals surface area contributed by atoms with Crippen LogP contribution in [0, 0.1) is 0 Å². The van der Waals surface area contributed by atoms with Gasteiger partial charge in [0.15, 0.2) is 5.11 Å². The Morgan fingerprint density at radius 1 is 1.04 bits per heavy atom. The highest BCUT2D eigenvalue weighted by Crippen LogP contribution is 2.23. The zero-order valence-corrected chi connectivity index (χ0v) is 15.7. The monoisotopic (exact) mass is 378 g/mol. The lowest BCUT2D eigenvalue weighted by Crippen LogP contribution is -2.30. The summed E-state index contributed by atoms with van der Waals surface area (Å²) in [5.74, 6) is 0.911. The highest BCUT2D eigenvalue weighted by molar-refractivity contribution is 7.99. The van der Waals surface area contributed by atoms with Gasteiger partial charge in [0.2, 0.25) is 0 Å². The molecule has 6 heteroatoms. The molecule has 0 unspecified atom stereocenters. The quantitative estimate of drug-likeness (QED) is 0.303. The Morgan fingerprint density at radius 2 is 1.88 bits per heavy atom. The molecule has 4 aromatic rings. The second-order valence-corrected chi connectivity index (χ2v) is 7.30. The predicted octanol–water partition coefficient (Wildman–Crippen LogP) is 4.57. The SMILES string of the molecule is S=C(NCCSc1cccc2nccn12)Nc1cccc2ccccc12. The van der Waals surface area contributed by atoms with Crippen LogP contribution in [0.3, 0.4) is 0 Å². The maximum absolute atomic E-state index is 5.45. The molecule has 4 nitrogen and oxygen atoms in total. The Morgan fingerprint density at radius 3 is 2.85 bits per heavy atom. The molecule has 2 aromatic carbocycles. The van der Waals surface area contributed by atoms with E-state index in [0.29, 0.717) is 5.11 Å². The lowest BCUT2D eigenvalue weighted by molar-refractivity contribution is 0.977. The van der Waals surface area contributed by atoms with Gasteiger partial charge in [-0.3, -0.25) is 4.40 Å². The summed E-state index contributed by atoms with van der Waals surface area (Å²) < 4.78 is 2.09. The second-order valence-electron chi connectivity index (χ2n) is 5.78. The molecule has 0 saturated carbocycles. The molecule has 0 radical (unpaired) electrons. The van der Waals surface area contributed by atoms with Crippen LogP contribution in [0.2, 0.25) is 0 Å². The number of thioether (sulfide) groups is 1. The van der Waals surface area contributed by atoms with Gasteiger partial charge < -0.3 is 10.6 Å². The zero-order valence-electron chi connectivity index (χ0n) is 14.1. The van der Waals surface area contributed by atoms with Gasteiger partial charge in [0.05, 0.1) is 5.03 Å². The first-order valence-electron chi connectivity index (χ1n) is 8.39. The molecule has 130 valence electrons. The molecule has 2 N–H and O–H groups in total. The largest absolute Gasteiger partial charge is 0.362 e. The van der Waals surface area contributed by atoms with Crippen LogP contribution in [0.25, 0.3) is 16.4 Å². The van der Waals surface area contributed by atoms with Crippen molar-refractivity contribution in [1.82, 2.24) is 14.7 Å². The number of aromatic nitrogens is 2. The van der Waals surface area contributed by atoms with Crippen LogP contribution in [0.1, 0.15) is 0 Å². The molecule has 4 rings (SSSR count). The number of nitrogens with one attached hydrogen (secondary N) is 2. The van der Waals surface area contributed by atoms with E-state index in [4.69, 9.17) is 12.2 Å². The van der Waals surface area contributed by atoms with Crippen LogP contribution < -0.4 is 10.6 Å². The van der Waals surface area contributed by atoms with Crippen LogP contribution >= 0.6 is 24.0 Å². The number of fused-ring (bicyclic) bond motifs is 2. The summed E-state index contributed by atoms with van der Waals surface area (Å²) in [6.45, 7) is 0.784. The first-order chi connectivity index (χ1) is 12.8. The minimum Gasteiger partial charge on any atom is -0.362 e. The fourth-order valence-corrected chi connectivity index (χ4v) is 3.95. The number of pyridine rings is 1. The van der Waals surface area contributed by atoms with Crippen molar-refractivity contribution >= 4 is 51.2 Å². The van der Waals surface area contributed by atoms with Crippen LogP contribution in [-0.2, 0) is 0 Å². The van der Waals surface area contributed by atoms with Crippen molar-refractivity contribution in [2.45, 2.75) is 5.03 Å². The van der Waals surface area contributed by atoms with Crippen molar-refractivity contribution in [3.8, 4) is 0 Å². The van der Waals surface area contributed by atoms with Crippen LogP contribution in [-0.4, -0.2) is 26.8 Å². The lowest BCUT2D eigenvalue weighted by Gasteiger charge is -2.12. The first kappa shape index (κ1) is 16.9. The topological polar surface area (TPSA) is 41.4 Å². The molecule has 0 spiro atoms. The van der Waals surface area contributed by atoms with Gasteiger partial charge in [-0.2, -0.15) is 0 Å². The number of nitrogens with zero attached hydrogens (tertiary/aromatic N) is 2. The maximum atomic E-state index is 5.45. The standard InChI is InChI=1S/C20H18N4S2/c25-20(23-17-8-3-6-15-5-1-2-7-16(15)17)22-12-14-26-19-10-4-9-18-21-11-13-24(18)19/h1-11,13H,12,14H2,(H2,22,23,25). The Labute approximate surface area is 161 Å². The normalized spacial score (nSPS) is 10.9. The van der Waals surface area contributed by atoms with Crippen molar-refractivity contribution in [3.05, 3.63) is 73.1 Å². The number of imidazole rings is 1. The minimum absolute atomic E-state index is 0.641. The van der Waals surface area contributed by atoms with E-state index >= 15 is 0 Å². The molecule has 26 heavy (non-hydrogen) atoms. The predicted molar refractivity (Wildman–Crippen MR) is 114 cm³/mol. The van der Waals surface area contributed by atoms with Gasteiger partial charge in [0.1, 0.15) is 5.65 Å². The average Bonchev–Trinajstić information content (AvgIpc) is 3.15. The van der Waals surface area contributed by atoms with Crippen molar-refractivity contribution in [3.63, 3.8) is 0 Å². The average molecular weight is 379 g/mol. The van der Waals surface area contributed by atoms with E-state index in [1.54, 1.807) is 11.8 Å². The summed E-state index contributed by atoms with van der Waals surface area (Å²) >= 11 is 7.22. The van der Waals surface area contributed by atoms with Gasteiger partial charge >= 0.3 is 0 Å². The van der Waals surface area contributed by atoms with E-state index in [0.717, 1.165) is 23.6 Å². The maximum Gasteiger partial charge on any atom is 0.170 e.